The van der Waals surface area contributed by atoms with Crippen molar-refractivity contribution in [2.45, 2.75) is 25.2 Å². The number of likely N-dealkylation sites (tertiary alicyclic amines) is 1. The average molecular weight is 378 g/mol. The Kier molecular flexibility index (Phi) is 6.05. The van der Waals surface area contributed by atoms with Crippen molar-refractivity contribution >= 4 is 11.8 Å². The minimum absolute atomic E-state index is 0.219. The first-order valence-electron chi connectivity index (χ1n) is 9.00. The Hall–Kier alpha value is -2.48. The first-order valence-corrected chi connectivity index (χ1v) is 9.00. The molecule has 1 aromatic heterocycles. The second kappa shape index (κ2) is 8.47. The molecule has 0 bridgehead atoms. The van der Waals surface area contributed by atoms with E-state index in [0.717, 1.165) is 30.7 Å². The van der Waals surface area contributed by atoms with E-state index in [-0.39, 0.29) is 11.9 Å². The number of hydrogen-bond acceptors (Lipinski definition) is 3. The lowest BCUT2D eigenvalue weighted by Crippen LogP contribution is -2.42. The molecule has 0 radical (unpaired) electrons. The Balaban J connectivity index is 1.66. The number of halogens is 2. The molecule has 6 nitrogen and oxygen atoms in total. The van der Waals surface area contributed by atoms with Crippen molar-refractivity contribution in [2.75, 3.05) is 32.1 Å². The molecule has 2 heterocycles. The Labute approximate surface area is 157 Å². The van der Waals surface area contributed by atoms with Crippen LogP contribution < -0.4 is 5.32 Å². The van der Waals surface area contributed by atoms with Crippen molar-refractivity contribution in [1.29, 1.82) is 0 Å². The van der Waals surface area contributed by atoms with Crippen molar-refractivity contribution in [3.8, 4) is 0 Å². The Bertz CT molecular complexity index is 809. The van der Waals surface area contributed by atoms with E-state index in [0.29, 0.717) is 37.5 Å². The third-order valence-electron chi connectivity index (χ3n) is 4.83. The number of methoxy groups -OCH3 is 1. The molecular formula is C19H24F2N4O2. The molecule has 1 N–H and O–H groups in total. The topological polar surface area (TPSA) is 59.4 Å². The lowest BCUT2D eigenvalue weighted by atomic mass is 9.90. The number of ether oxygens (including phenoxy) is 1. The van der Waals surface area contributed by atoms with Gasteiger partial charge in [-0.3, -0.25) is 10.00 Å². The fourth-order valence-corrected chi connectivity index (χ4v) is 3.40. The van der Waals surface area contributed by atoms with E-state index < -0.39 is 11.6 Å². The van der Waals surface area contributed by atoms with Crippen molar-refractivity contribution in [3.05, 3.63) is 47.2 Å². The van der Waals surface area contributed by atoms with Crippen LogP contribution in [0.1, 0.15) is 30.0 Å². The van der Waals surface area contributed by atoms with Gasteiger partial charge in [0.1, 0.15) is 17.5 Å². The fraction of sp³-hybridized carbons (Fsp3) is 0.474. The summed E-state index contributed by atoms with van der Waals surface area (Å²) in [7, 11) is 3.38. The van der Waals surface area contributed by atoms with Gasteiger partial charge in [-0.1, -0.05) is 0 Å². The first kappa shape index (κ1) is 19.3. The van der Waals surface area contributed by atoms with Gasteiger partial charge in [0.2, 0.25) is 0 Å². The predicted molar refractivity (Wildman–Crippen MR) is 97.7 cm³/mol. The van der Waals surface area contributed by atoms with Crippen molar-refractivity contribution in [2.24, 2.45) is 7.05 Å². The normalized spacial score (nSPS) is 17.2. The number of carbonyl (C=O) groups is 1. The molecule has 146 valence electrons. The van der Waals surface area contributed by atoms with E-state index in [9.17, 15) is 13.6 Å². The van der Waals surface area contributed by atoms with Crippen LogP contribution >= 0.6 is 0 Å². The Morgan fingerprint density at radius 2 is 2.19 bits per heavy atom. The van der Waals surface area contributed by atoms with Crippen LogP contribution in [-0.2, 0) is 18.2 Å². The molecule has 1 aromatic carbocycles. The van der Waals surface area contributed by atoms with Crippen LogP contribution in [0.5, 0.6) is 0 Å². The van der Waals surface area contributed by atoms with Gasteiger partial charge >= 0.3 is 6.03 Å². The molecule has 1 aliphatic heterocycles. The number of amides is 2. The highest BCUT2D eigenvalue weighted by molar-refractivity contribution is 5.88. The summed E-state index contributed by atoms with van der Waals surface area (Å²) in [6.07, 6.45) is 2.11. The SMILES string of the molecule is COCCc1cc(NC(=O)N2CCCC(c3cc(F)ccc3F)C2)n(C)n1. The van der Waals surface area contributed by atoms with Gasteiger partial charge in [-0.25, -0.2) is 13.6 Å². The number of nitrogens with one attached hydrogen (secondary N) is 1. The van der Waals surface area contributed by atoms with Gasteiger partial charge in [-0.05, 0) is 36.6 Å². The van der Waals surface area contributed by atoms with Gasteiger partial charge in [-0.2, -0.15) is 5.10 Å². The largest absolute Gasteiger partial charge is 0.384 e. The van der Waals surface area contributed by atoms with Gasteiger partial charge < -0.3 is 9.64 Å². The van der Waals surface area contributed by atoms with Crippen LogP contribution in [0.3, 0.4) is 0 Å². The quantitative estimate of drug-likeness (QED) is 0.869. The maximum absolute atomic E-state index is 14.1. The second-order valence-corrected chi connectivity index (χ2v) is 6.77. The van der Waals surface area contributed by atoms with Gasteiger partial charge in [-0.15, -0.1) is 0 Å². The summed E-state index contributed by atoms with van der Waals surface area (Å²) in [6.45, 7) is 1.48. The van der Waals surface area contributed by atoms with E-state index in [4.69, 9.17) is 4.74 Å². The maximum atomic E-state index is 14.1. The maximum Gasteiger partial charge on any atom is 0.323 e. The number of benzene rings is 1. The van der Waals surface area contributed by atoms with Crippen LogP contribution in [-0.4, -0.2) is 47.5 Å². The molecule has 27 heavy (non-hydrogen) atoms. The smallest absolute Gasteiger partial charge is 0.323 e. The van der Waals surface area contributed by atoms with Gasteiger partial charge in [0.05, 0.1) is 12.3 Å². The van der Waals surface area contributed by atoms with E-state index in [1.807, 2.05) is 6.07 Å². The van der Waals surface area contributed by atoms with Crippen LogP contribution in [0, 0.1) is 11.6 Å². The van der Waals surface area contributed by atoms with E-state index in [1.165, 1.54) is 6.07 Å². The summed E-state index contributed by atoms with van der Waals surface area (Å²) in [6, 6.07) is 5.02. The predicted octanol–water partition coefficient (Wildman–Crippen LogP) is 3.30. The van der Waals surface area contributed by atoms with Gasteiger partial charge in [0, 0.05) is 45.7 Å². The van der Waals surface area contributed by atoms with Gasteiger partial charge in [0.15, 0.2) is 0 Å². The highest BCUT2D eigenvalue weighted by Crippen LogP contribution is 2.29. The van der Waals surface area contributed by atoms with Crippen molar-refractivity contribution in [1.82, 2.24) is 14.7 Å². The van der Waals surface area contributed by atoms with Crippen molar-refractivity contribution in [3.63, 3.8) is 0 Å². The fourth-order valence-electron chi connectivity index (χ4n) is 3.40. The van der Waals surface area contributed by atoms with Crippen molar-refractivity contribution < 1.29 is 18.3 Å². The highest BCUT2D eigenvalue weighted by Gasteiger charge is 2.27. The number of piperidine rings is 1. The molecule has 0 saturated carbocycles. The standard InChI is InChI=1S/C19H24F2N4O2/c1-24-18(11-15(23-24)7-9-27-2)22-19(26)25-8-3-4-13(12-25)16-10-14(20)5-6-17(16)21/h5-6,10-11,13H,3-4,7-9,12H2,1-2H3,(H,22,26). The molecule has 1 unspecified atom stereocenters. The van der Waals surface area contributed by atoms with E-state index >= 15 is 0 Å². The minimum atomic E-state index is -0.466. The zero-order chi connectivity index (χ0) is 19.4. The lowest BCUT2D eigenvalue weighted by molar-refractivity contribution is 0.192. The molecule has 0 aliphatic carbocycles. The number of nitrogens with zero attached hydrogens (tertiary/aromatic N) is 3. The molecule has 0 spiro atoms. The third-order valence-corrected chi connectivity index (χ3v) is 4.83. The number of anilines is 1. The zero-order valence-corrected chi connectivity index (χ0v) is 15.5. The summed E-state index contributed by atoms with van der Waals surface area (Å²) in [5.41, 5.74) is 1.16. The van der Waals surface area contributed by atoms with E-state index in [2.05, 4.69) is 10.4 Å². The number of carbonyl (C=O) groups excluding carboxylic acids is 1. The molecule has 2 aromatic rings. The zero-order valence-electron chi connectivity index (χ0n) is 15.5. The van der Waals surface area contributed by atoms with Crippen LogP contribution in [0.25, 0.3) is 0 Å². The average Bonchev–Trinajstić information content (AvgIpc) is 3.01. The molecule has 1 saturated heterocycles. The molecule has 8 heteroatoms. The first-order chi connectivity index (χ1) is 13.0. The number of aryl methyl sites for hydroxylation is 1. The number of rotatable bonds is 5. The Morgan fingerprint density at radius 3 is 2.96 bits per heavy atom. The summed E-state index contributed by atoms with van der Waals surface area (Å²) in [5, 5.41) is 7.20. The van der Waals surface area contributed by atoms with E-state index in [1.54, 1.807) is 23.7 Å². The van der Waals surface area contributed by atoms with Gasteiger partial charge in [0.25, 0.3) is 0 Å². The molecule has 2 amide bonds. The molecule has 1 fully saturated rings. The summed E-state index contributed by atoms with van der Waals surface area (Å²) >= 11 is 0. The number of urea groups is 1. The molecular weight excluding hydrogens is 354 g/mol. The number of hydrogen-bond donors (Lipinski definition) is 1. The highest BCUT2D eigenvalue weighted by atomic mass is 19.1. The lowest BCUT2D eigenvalue weighted by Gasteiger charge is -2.33. The number of aromatic nitrogens is 2. The molecule has 3 rings (SSSR count). The molecule has 1 aliphatic rings. The minimum Gasteiger partial charge on any atom is -0.384 e. The summed E-state index contributed by atoms with van der Waals surface area (Å²) in [5.74, 6) is -0.529. The second-order valence-electron chi connectivity index (χ2n) is 6.77. The van der Waals surface area contributed by atoms with Crippen LogP contribution in [0.2, 0.25) is 0 Å². The summed E-state index contributed by atoms with van der Waals surface area (Å²) < 4.78 is 34.2. The monoisotopic (exact) mass is 378 g/mol. The summed E-state index contributed by atoms with van der Waals surface area (Å²) in [4.78, 5) is 14.3. The molecule has 1 atom stereocenters. The van der Waals surface area contributed by atoms with Crippen LogP contribution in [0.15, 0.2) is 24.3 Å². The Morgan fingerprint density at radius 1 is 1.37 bits per heavy atom. The van der Waals surface area contributed by atoms with Crippen LogP contribution in [0.4, 0.5) is 19.4 Å². The third kappa shape index (κ3) is 4.63.